The highest BCUT2D eigenvalue weighted by molar-refractivity contribution is 7.09. The molecule has 2 amide bonds. The van der Waals surface area contributed by atoms with E-state index in [1.54, 1.807) is 11.3 Å². The van der Waals surface area contributed by atoms with E-state index in [-0.39, 0.29) is 23.8 Å². The summed E-state index contributed by atoms with van der Waals surface area (Å²) in [7, 11) is 0. The van der Waals surface area contributed by atoms with E-state index >= 15 is 0 Å². The van der Waals surface area contributed by atoms with Crippen LogP contribution in [0.25, 0.3) is 11.3 Å². The van der Waals surface area contributed by atoms with Crippen molar-refractivity contribution in [2.45, 2.75) is 45.2 Å². The average molecular weight is 481 g/mol. The van der Waals surface area contributed by atoms with Crippen molar-refractivity contribution in [2.75, 3.05) is 32.7 Å². The molecule has 2 heterocycles. The van der Waals surface area contributed by atoms with Crippen molar-refractivity contribution in [3.05, 3.63) is 40.2 Å². The molecular formula is C25H32N6O2S. The fraction of sp³-hybridized carbons (Fsp3) is 0.520. The summed E-state index contributed by atoms with van der Waals surface area (Å²) in [5.74, 6) is -0.137. The molecule has 0 spiro atoms. The molecule has 1 saturated carbocycles. The lowest BCUT2D eigenvalue weighted by atomic mass is 10.0. The predicted octanol–water partition coefficient (Wildman–Crippen LogP) is 2.83. The molecule has 180 valence electrons. The minimum Gasteiger partial charge on any atom is -0.352 e. The number of thiazole rings is 1. The van der Waals surface area contributed by atoms with Gasteiger partial charge in [-0.15, -0.1) is 11.3 Å². The second-order valence-corrected chi connectivity index (χ2v) is 10.1. The molecule has 1 aliphatic carbocycles. The van der Waals surface area contributed by atoms with E-state index in [1.165, 1.54) is 4.90 Å². The first-order valence-electron chi connectivity index (χ1n) is 12.0. The fourth-order valence-corrected chi connectivity index (χ4v) is 4.92. The van der Waals surface area contributed by atoms with E-state index in [0.29, 0.717) is 24.9 Å². The normalized spacial score (nSPS) is 17.1. The molecule has 0 radical (unpaired) electrons. The maximum absolute atomic E-state index is 12.5. The molecule has 1 atom stereocenters. The Morgan fingerprint density at radius 1 is 1.29 bits per heavy atom. The zero-order valence-corrected chi connectivity index (χ0v) is 20.4. The number of rotatable bonds is 10. The van der Waals surface area contributed by atoms with E-state index in [9.17, 15) is 9.59 Å². The van der Waals surface area contributed by atoms with E-state index < -0.39 is 0 Å². The van der Waals surface area contributed by atoms with Crippen LogP contribution < -0.4 is 10.6 Å². The Morgan fingerprint density at radius 2 is 2.03 bits per heavy atom. The Balaban J connectivity index is 1.21. The Hall–Kier alpha value is -2.80. The maximum Gasteiger partial charge on any atom is 0.251 e. The lowest BCUT2D eigenvalue weighted by Crippen LogP contribution is -2.42. The Bertz CT molecular complexity index is 1020. The highest BCUT2D eigenvalue weighted by atomic mass is 32.1. The molecule has 2 aliphatic rings. The van der Waals surface area contributed by atoms with Gasteiger partial charge in [0.25, 0.3) is 5.91 Å². The van der Waals surface area contributed by atoms with Crippen LogP contribution in [0.3, 0.4) is 0 Å². The van der Waals surface area contributed by atoms with Gasteiger partial charge in [0.15, 0.2) is 6.19 Å². The zero-order valence-electron chi connectivity index (χ0n) is 19.6. The van der Waals surface area contributed by atoms with Gasteiger partial charge in [-0.1, -0.05) is 19.1 Å². The molecule has 2 aromatic rings. The molecule has 1 aromatic carbocycles. The van der Waals surface area contributed by atoms with Crippen molar-refractivity contribution in [1.29, 1.82) is 5.26 Å². The second-order valence-electron chi connectivity index (χ2n) is 9.18. The standard InChI is InChI=1S/C25H32N6O2S/c1-18(14-24(32)31(17-26)21-6-7-21)8-9-28-25(33)20-4-2-19(3-5-20)22-16-34-23(29-22)15-30-12-10-27-11-13-30/h2-5,16,18,21,27H,6-15H2,1H3,(H,28,33)/t18-/m0/s1. The Morgan fingerprint density at radius 3 is 2.71 bits per heavy atom. The maximum atomic E-state index is 12.5. The molecule has 8 nitrogen and oxygen atoms in total. The molecule has 34 heavy (non-hydrogen) atoms. The number of aromatic nitrogens is 1. The number of nitrogens with one attached hydrogen (secondary N) is 2. The van der Waals surface area contributed by atoms with Crippen LogP contribution >= 0.6 is 11.3 Å². The molecule has 1 aromatic heterocycles. The summed E-state index contributed by atoms with van der Waals surface area (Å²) in [5, 5.41) is 18.6. The van der Waals surface area contributed by atoms with Gasteiger partial charge in [0.05, 0.1) is 12.2 Å². The van der Waals surface area contributed by atoms with Crippen molar-refractivity contribution < 1.29 is 9.59 Å². The number of piperazine rings is 1. The Kier molecular flexibility index (Phi) is 8.27. The number of amides is 2. The molecule has 1 aliphatic heterocycles. The van der Waals surface area contributed by atoms with Crippen LogP contribution in [0, 0.1) is 17.4 Å². The van der Waals surface area contributed by atoms with Gasteiger partial charge in [0, 0.05) is 61.7 Å². The number of carbonyl (C=O) groups is 2. The third-order valence-corrected chi connectivity index (χ3v) is 7.13. The lowest BCUT2D eigenvalue weighted by molar-refractivity contribution is -0.129. The predicted molar refractivity (Wildman–Crippen MR) is 132 cm³/mol. The molecule has 2 N–H and O–H groups in total. The quantitative estimate of drug-likeness (QED) is 0.401. The van der Waals surface area contributed by atoms with Gasteiger partial charge in [0.1, 0.15) is 5.01 Å². The SMILES string of the molecule is C[C@@H](CCNC(=O)c1ccc(-c2csc(CN3CCNCC3)n2)cc1)CC(=O)N(C#N)C1CC1. The van der Waals surface area contributed by atoms with Crippen molar-refractivity contribution >= 4 is 23.2 Å². The van der Waals surface area contributed by atoms with Gasteiger partial charge in [-0.25, -0.2) is 9.88 Å². The van der Waals surface area contributed by atoms with Crippen molar-refractivity contribution in [3.8, 4) is 17.5 Å². The smallest absolute Gasteiger partial charge is 0.251 e. The van der Waals surface area contributed by atoms with Crippen LogP contribution in [-0.4, -0.2) is 65.4 Å². The lowest BCUT2D eigenvalue weighted by Gasteiger charge is -2.26. The summed E-state index contributed by atoms with van der Waals surface area (Å²) in [5.41, 5.74) is 2.55. The summed E-state index contributed by atoms with van der Waals surface area (Å²) in [6, 6.07) is 7.64. The van der Waals surface area contributed by atoms with Crippen LogP contribution in [-0.2, 0) is 11.3 Å². The summed E-state index contributed by atoms with van der Waals surface area (Å²) < 4.78 is 0. The number of hydrogen-bond acceptors (Lipinski definition) is 7. The minimum atomic E-state index is -0.126. The van der Waals surface area contributed by atoms with E-state index in [1.807, 2.05) is 37.4 Å². The van der Waals surface area contributed by atoms with Gasteiger partial charge >= 0.3 is 0 Å². The average Bonchev–Trinajstić information content (AvgIpc) is 3.57. The number of carbonyl (C=O) groups excluding carboxylic acids is 2. The number of benzene rings is 1. The van der Waals surface area contributed by atoms with Crippen LogP contribution in [0.5, 0.6) is 0 Å². The molecule has 2 fully saturated rings. The number of nitriles is 1. The van der Waals surface area contributed by atoms with Gasteiger partial charge in [-0.2, -0.15) is 5.26 Å². The molecule has 1 saturated heterocycles. The molecule has 4 rings (SSSR count). The third-order valence-electron chi connectivity index (χ3n) is 6.30. The van der Waals surface area contributed by atoms with Crippen LogP contribution in [0.2, 0.25) is 0 Å². The first-order chi connectivity index (χ1) is 16.5. The number of hydrogen-bond donors (Lipinski definition) is 2. The number of nitrogens with zero attached hydrogens (tertiary/aromatic N) is 4. The molecule has 9 heteroatoms. The van der Waals surface area contributed by atoms with E-state index in [2.05, 4.69) is 20.9 Å². The van der Waals surface area contributed by atoms with E-state index in [0.717, 1.165) is 61.8 Å². The monoisotopic (exact) mass is 480 g/mol. The van der Waals surface area contributed by atoms with Crippen LogP contribution in [0.15, 0.2) is 29.6 Å². The first-order valence-corrected chi connectivity index (χ1v) is 12.9. The molecule has 0 unspecified atom stereocenters. The highest BCUT2D eigenvalue weighted by Crippen LogP contribution is 2.27. The summed E-state index contributed by atoms with van der Waals surface area (Å²) in [6.45, 7) is 7.50. The largest absolute Gasteiger partial charge is 0.352 e. The summed E-state index contributed by atoms with van der Waals surface area (Å²) in [4.78, 5) is 33.3. The minimum absolute atomic E-state index is 0.102. The summed E-state index contributed by atoms with van der Waals surface area (Å²) >= 11 is 1.68. The van der Waals surface area contributed by atoms with Gasteiger partial charge in [0.2, 0.25) is 5.91 Å². The van der Waals surface area contributed by atoms with Crippen molar-refractivity contribution in [3.63, 3.8) is 0 Å². The van der Waals surface area contributed by atoms with Crippen LogP contribution in [0.4, 0.5) is 0 Å². The van der Waals surface area contributed by atoms with Crippen LogP contribution in [0.1, 0.15) is 48.0 Å². The molecule has 0 bridgehead atoms. The fourth-order valence-electron chi connectivity index (χ4n) is 4.08. The Labute approximate surface area is 205 Å². The van der Waals surface area contributed by atoms with Crippen molar-refractivity contribution in [2.24, 2.45) is 5.92 Å². The van der Waals surface area contributed by atoms with Crippen molar-refractivity contribution in [1.82, 2.24) is 25.4 Å². The van der Waals surface area contributed by atoms with Gasteiger partial charge in [-0.3, -0.25) is 14.5 Å². The topological polar surface area (TPSA) is 101 Å². The second kappa shape index (κ2) is 11.6. The van der Waals surface area contributed by atoms with Gasteiger partial charge < -0.3 is 10.6 Å². The zero-order chi connectivity index (χ0) is 23.9. The summed E-state index contributed by atoms with van der Waals surface area (Å²) in [6.07, 6.45) is 4.87. The third kappa shape index (κ3) is 6.63. The molecular weight excluding hydrogens is 448 g/mol. The first kappa shape index (κ1) is 24.3. The highest BCUT2D eigenvalue weighted by Gasteiger charge is 2.33. The van der Waals surface area contributed by atoms with Gasteiger partial charge in [-0.05, 0) is 37.3 Å². The van der Waals surface area contributed by atoms with E-state index in [4.69, 9.17) is 10.2 Å².